The highest BCUT2D eigenvalue weighted by molar-refractivity contribution is 7.80. The predicted molar refractivity (Wildman–Crippen MR) is 92.5 cm³/mol. The van der Waals surface area contributed by atoms with E-state index in [1.54, 1.807) is 0 Å². The summed E-state index contributed by atoms with van der Waals surface area (Å²) in [6, 6.07) is 12.5. The van der Waals surface area contributed by atoms with Gasteiger partial charge in [-0.1, -0.05) is 37.3 Å². The van der Waals surface area contributed by atoms with Crippen molar-refractivity contribution < 1.29 is 0 Å². The highest BCUT2D eigenvalue weighted by Crippen LogP contribution is 2.20. The summed E-state index contributed by atoms with van der Waals surface area (Å²) in [7, 11) is 0. The first-order chi connectivity index (χ1) is 10.1. The Morgan fingerprint density at radius 2 is 1.95 bits per heavy atom. The van der Waals surface area contributed by atoms with E-state index in [2.05, 4.69) is 53.7 Å². The molecule has 2 aromatic rings. The van der Waals surface area contributed by atoms with Gasteiger partial charge in [-0.3, -0.25) is 0 Å². The highest BCUT2D eigenvalue weighted by atomic mass is 32.1. The zero-order chi connectivity index (χ0) is 15.2. The maximum atomic E-state index is 5.39. The van der Waals surface area contributed by atoms with Crippen LogP contribution >= 0.6 is 12.2 Å². The first kappa shape index (κ1) is 15.4. The van der Waals surface area contributed by atoms with Gasteiger partial charge < -0.3 is 10.6 Å². The Balaban J connectivity index is 2.03. The smallest absolute Gasteiger partial charge is 0.172 e. The molecule has 0 radical (unpaired) electrons. The molecule has 0 fully saturated rings. The third kappa shape index (κ3) is 4.26. The lowest BCUT2D eigenvalue weighted by molar-refractivity contribution is 0.625. The fraction of sp³-hybridized carbons (Fsp3) is 0.294. The number of aryl methyl sites for hydroxylation is 2. The number of thiocarbonyl (C=S) groups is 1. The minimum Gasteiger partial charge on any atom is -0.356 e. The lowest BCUT2D eigenvalue weighted by atomic mass is 10.00. The average Bonchev–Trinajstić information content (AvgIpc) is 2.48. The summed E-state index contributed by atoms with van der Waals surface area (Å²) in [6.45, 7) is 6.28. The molecule has 2 N–H and O–H groups in total. The predicted octanol–water partition coefficient (Wildman–Crippen LogP) is 4.14. The molecule has 0 aliphatic heterocycles. The third-order valence-electron chi connectivity index (χ3n) is 3.43. The zero-order valence-corrected chi connectivity index (χ0v) is 13.5. The molecule has 0 saturated heterocycles. The molecule has 1 unspecified atom stereocenters. The van der Waals surface area contributed by atoms with Crippen molar-refractivity contribution in [1.82, 2.24) is 10.3 Å². The largest absolute Gasteiger partial charge is 0.356 e. The van der Waals surface area contributed by atoms with E-state index in [4.69, 9.17) is 12.2 Å². The molecule has 0 bridgehead atoms. The average molecular weight is 299 g/mol. The number of rotatable bonds is 4. The zero-order valence-electron chi connectivity index (χ0n) is 12.7. The van der Waals surface area contributed by atoms with E-state index in [9.17, 15) is 0 Å². The first-order valence-corrected chi connectivity index (χ1v) is 7.56. The quantitative estimate of drug-likeness (QED) is 0.832. The van der Waals surface area contributed by atoms with Crippen molar-refractivity contribution >= 4 is 23.1 Å². The Labute approximate surface area is 131 Å². The lowest BCUT2D eigenvalue weighted by Crippen LogP contribution is -2.32. The van der Waals surface area contributed by atoms with Gasteiger partial charge >= 0.3 is 0 Å². The molecular weight excluding hydrogens is 278 g/mol. The van der Waals surface area contributed by atoms with E-state index in [1.165, 1.54) is 11.1 Å². The Bertz CT molecular complexity index is 608. The molecule has 1 heterocycles. The third-order valence-corrected chi connectivity index (χ3v) is 3.65. The second-order valence-corrected chi connectivity index (χ2v) is 5.54. The Morgan fingerprint density at radius 1 is 1.19 bits per heavy atom. The first-order valence-electron chi connectivity index (χ1n) is 7.16. The van der Waals surface area contributed by atoms with Crippen molar-refractivity contribution in [3.63, 3.8) is 0 Å². The Kier molecular flexibility index (Phi) is 5.28. The fourth-order valence-electron chi connectivity index (χ4n) is 2.23. The Hall–Kier alpha value is -1.94. The monoisotopic (exact) mass is 299 g/mol. The number of aromatic nitrogens is 1. The van der Waals surface area contributed by atoms with Crippen LogP contribution in [0.1, 0.15) is 36.1 Å². The molecule has 4 heteroatoms. The number of nitrogens with zero attached hydrogens (tertiary/aromatic N) is 1. The van der Waals surface area contributed by atoms with Crippen molar-refractivity contribution in [1.29, 1.82) is 0 Å². The molecule has 110 valence electrons. The van der Waals surface area contributed by atoms with Crippen LogP contribution < -0.4 is 10.6 Å². The summed E-state index contributed by atoms with van der Waals surface area (Å²) in [6.07, 6.45) is 2.79. The van der Waals surface area contributed by atoms with Gasteiger partial charge in [0.15, 0.2) is 5.11 Å². The number of pyridine rings is 1. The van der Waals surface area contributed by atoms with Crippen LogP contribution in [0.5, 0.6) is 0 Å². The van der Waals surface area contributed by atoms with Crippen LogP contribution in [0.3, 0.4) is 0 Å². The second-order valence-electron chi connectivity index (χ2n) is 5.14. The van der Waals surface area contributed by atoms with Crippen molar-refractivity contribution in [3.8, 4) is 0 Å². The number of benzene rings is 1. The molecule has 0 amide bonds. The molecule has 3 nitrogen and oxygen atoms in total. The minimum absolute atomic E-state index is 0.205. The summed E-state index contributed by atoms with van der Waals surface area (Å²) >= 11 is 5.39. The topological polar surface area (TPSA) is 37.0 Å². The molecule has 0 aliphatic rings. The minimum atomic E-state index is 0.205. The normalized spacial score (nSPS) is 11.8. The number of nitrogens with one attached hydrogen (secondary N) is 2. The van der Waals surface area contributed by atoms with Crippen molar-refractivity contribution in [2.45, 2.75) is 33.2 Å². The van der Waals surface area contributed by atoms with Crippen LogP contribution in [-0.2, 0) is 0 Å². The van der Waals surface area contributed by atoms with Gasteiger partial charge in [0.05, 0.1) is 6.04 Å². The van der Waals surface area contributed by atoms with E-state index < -0.39 is 0 Å². The summed E-state index contributed by atoms with van der Waals surface area (Å²) in [5, 5.41) is 7.10. The fourth-order valence-corrected chi connectivity index (χ4v) is 2.48. The molecular formula is C17H21N3S. The van der Waals surface area contributed by atoms with Crippen LogP contribution in [0.15, 0.2) is 42.6 Å². The van der Waals surface area contributed by atoms with Crippen molar-refractivity contribution in [2.24, 2.45) is 0 Å². The summed E-state index contributed by atoms with van der Waals surface area (Å²) in [4.78, 5) is 4.30. The standard InChI is InChI=1S/C17H21N3S/c1-4-15(14-8-6-5-7-13(14)3)19-17(21)20-16-10-9-12(2)11-18-16/h5-11,15H,4H2,1-3H3,(H2,18,19,20,21). The molecule has 2 rings (SSSR count). The highest BCUT2D eigenvalue weighted by Gasteiger charge is 2.12. The number of hydrogen-bond donors (Lipinski definition) is 2. The lowest BCUT2D eigenvalue weighted by Gasteiger charge is -2.21. The summed E-state index contributed by atoms with van der Waals surface area (Å²) < 4.78 is 0. The van der Waals surface area contributed by atoms with Gasteiger partial charge in [-0.25, -0.2) is 4.98 Å². The maximum absolute atomic E-state index is 5.39. The van der Waals surface area contributed by atoms with Crippen LogP contribution in [0.4, 0.5) is 5.82 Å². The van der Waals surface area contributed by atoms with Gasteiger partial charge in [-0.2, -0.15) is 0 Å². The van der Waals surface area contributed by atoms with Crippen LogP contribution in [0.25, 0.3) is 0 Å². The Morgan fingerprint density at radius 3 is 2.57 bits per heavy atom. The van der Waals surface area contributed by atoms with E-state index in [-0.39, 0.29) is 6.04 Å². The molecule has 0 saturated carbocycles. The van der Waals surface area contributed by atoms with Gasteiger partial charge in [-0.15, -0.1) is 0 Å². The second kappa shape index (κ2) is 7.18. The van der Waals surface area contributed by atoms with E-state index >= 15 is 0 Å². The van der Waals surface area contributed by atoms with Gasteiger partial charge in [0.1, 0.15) is 5.82 Å². The van der Waals surface area contributed by atoms with Crippen LogP contribution in [0.2, 0.25) is 0 Å². The summed E-state index contributed by atoms with van der Waals surface area (Å²) in [5.74, 6) is 0.762. The molecule has 1 atom stereocenters. The maximum Gasteiger partial charge on any atom is 0.172 e. The molecule has 0 spiro atoms. The van der Waals surface area contributed by atoms with E-state index in [1.807, 2.05) is 25.3 Å². The summed E-state index contributed by atoms with van der Waals surface area (Å²) in [5.41, 5.74) is 3.68. The van der Waals surface area contributed by atoms with E-state index in [0.717, 1.165) is 17.8 Å². The van der Waals surface area contributed by atoms with Crippen LogP contribution in [0, 0.1) is 13.8 Å². The van der Waals surface area contributed by atoms with Crippen molar-refractivity contribution in [3.05, 3.63) is 59.3 Å². The molecule has 0 aliphatic carbocycles. The van der Waals surface area contributed by atoms with Crippen LogP contribution in [-0.4, -0.2) is 10.1 Å². The molecule has 1 aromatic heterocycles. The number of anilines is 1. The molecule has 21 heavy (non-hydrogen) atoms. The molecule has 1 aromatic carbocycles. The van der Waals surface area contributed by atoms with Gasteiger partial charge in [0, 0.05) is 6.20 Å². The van der Waals surface area contributed by atoms with Crippen molar-refractivity contribution in [2.75, 3.05) is 5.32 Å². The van der Waals surface area contributed by atoms with Gasteiger partial charge in [0.25, 0.3) is 0 Å². The van der Waals surface area contributed by atoms with Gasteiger partial charge in [-0.05, 0) is 55.2 Å². The van der Waals surface area contributed by atoms with Gasteiger partial charge in [0.2, 0.25) is 0 Å². The SMILES string of the molecule is CCC(NC(=S)Nc1ccc(C)cn1)c1ccccc1C. The number of hydrogen-bond acceptors (Lipinski definition) is 2. The van der Waals surface area contributed by atoms with E-state index in [0.29, 0.717) is 5.11 Å².